The minimum Gasteiger partial charge on any atom is -0.486 e. The molecule has 0 amide bonds. The molecule has 0 aliphatic heterocycles. The minimum absolute atomic E-state index is 0. The Morgan fingerprint density at radius 3 is 2.23 bits per heavy atom. The van der Waals surface area contributed by atoms with Gasteiger partial charge in [-0.25, -0.2) is 4.98 Å². The second-order valence-electron chi connectivity index (χ2n) is 10.4. The van der Waals surface area contributed by atoms with Crippen molar-refractivity contribution in [3.63, 3.8) is 0 Å². The van der Waals surface area contributed by atoms with Gasteiger partial charge < -0.3 is 14.4 Å². The Balaban J connectivity index is 0.000000222. The van der Waals surface area contributed by atoms with Crippen LogP contribution in [0.5, 0.6) is 0 Å². The van der Waals surface area contributed by atoms with E-state index in [0.717, 1.165) is 50.1 Å². The average Bonchev–Trinajstić information content (AvgIpc) is 3.43. The predicted octanol–water partition coefficient (Wildman–Crippen LogP) is 9.83. The van der Waals surface area contributed by atoms with Gasteiger partial charge in [0, 0.05) is 43.6 Å². The van der Waals surface area contributed by atoms with E-state index in [4.69, 9.17) is 4.42 Å². The summed E-state index contributed by atoms with van der Waals surface area (Å²) in [5.74, 6) is 0. The second-order valence-corrected chi connectivity index (χ2v) is 10.4. The van der Waals surface area contributed by atoms with E-state index in [9.17, 15) is 0 Å². The standard InChI is InChI=1S/C28H19N2O.C11H8N.Ir/c1-17-14-19-6-3-4-7-20(19)15-25(17)21-12-13-29-26(16-21)24-9-5-8-22-23-11-10-18(2)30-28(23)31-27(22)24;1-2-6-10(7-3-1)11-8-4-5-9-12-11;/h3-8,10-16H,1-2H3;1-6,8-9H;/q2*-1;. The molecule has 4 aromatic carbocycles. The Hall–Kier alpha value is -4.96. The van der Waals surface area contributed by atoms with Crippen LogP contribution in [0.25, 0.3) is 66.5 Å². The van der Waals surface area contributed by atoms with Gasteiger partial charge in [-0.1, -0.05) is 59.5 Å². The summed E-state index contributed by atoms with van der Waals surface area (Å²) in [6.45, 7) is 4.12. The number of hydrogen-bond donors (Lipinski definition) is 0. The fourth-order valence-corrected chi connectivity index (χ4v) is 5.38. The summed E-state index contributed by atoms with van der Waals surface area (Å²) < 4.78 is 6.16. The first-order valence-electron chi connectivity index (χ1n) is 14.2. The van der Waals surface area contributed by atoms with Crippen molar-refractivity contribution in [3.05, 3.63) is 151 Å². The molecule has 0 unspecified atom stereocenters. The first-order chi connectivity index (χ1) is 21.1. The van der Waals surface area contributed by atoms with Crippen molar-refractivity contribution in [2.45, 2.75) is 13.8 Å². The van der Waals surface area contributed by atoms with Crippen molar-refractivity contribution in [1.29, 1.82) is 0 Å². The van der Waals surface area contributed by atoms with Gasteiger partial charge in [-0.15, -0.1) is 54.1 Å². The third kappa shape index (κ3) is 5.80. The van der Waals surface area contributed by atoms with Gasteiger partial charge in [0.1, 0.15) is 0 Å². The topological polar surface area (TPSA) is 51.8 Å². The van der Waals surface area contributed by atoms with Crippen molar-refractivity contribution in [1.82, 2.24) is 15.0 Å². The van der Waals surface area contributed by atoms with E-state index in [1.54, 1.807) is 6.20 Å². The van der Waals surface area contributed by atoms with Crippen molar-refractivity contribution < 1.29 is 24.5 Å². The van der Waals surface area contributed by atoms with Crippen LogP contribution in [0, 0.1) is 26.0 Å². The quantitative estimate of drug-likeness (QED) is 0.169. The monoisotopic (exact) mass is 746 g/mol. The maximum Gasteiger partial charge on any atom is 0.216 e. The largest absolute Gasteiger partial charge is 0.486 e. The molecule has 5 heteroatoms. The summed E-state index contributed by atoms with van der Waals surface area (Å²) in [4.78, 5) is 13.4. The summed E-state index contributed by atoms with van der Waals surface area (Å²) in [5.41, 5.74) is 9.63. The molecule has 44 heavy (non-hydrogen) atoms. The fraction of sp³-hybridized carbons (Fsp3) is 0.0513. The van der Waals surface area contributed by atoms with Gasteiger partial charge in [-0.3, -0.25) is 0 Å². The van der Waals surface area contributed by atoms with Crippen LogP contribution >= 0.6 is 0 Å². The predicted molar refractivity (Wildman–Crippen MR) is 175 cm³/mol. The Bertz CT molecular complexity index is 2170. The zero-order chi connectivity index (χ0) is 29.2. The normalized spacial score (nSPS) is 10.8. The van der Waals surface area contributed by atoms with Crippen LogP contribution in [0.4, 0.5) is 0 Å². The molecule has 4 heterocycles. The molecule has 8 aromatic rings. The van der Waals surface area contributed by atoms with Crippen LogP contribution < -0.4 is 0 Å². The third-order valence-electron chi connectivity index (χ3n) is 7.51. The first-order valence-corrected chi connectivity index (χ1v) is 14.2. The van der Waals surface area contributed by atoms with Gasteiger partial charge in [-0.05, 0) is 83.0 Å². The average molecular weight is 746 g/mol. The minimum atomic E-state index is 0. The van der Waals surface area contributed by atoms with Gasteiger partial charge in [0.15, 0.2) is 0 Å². The second kappa shape index (κ2) is 12.7. The van der Waals surface area contributed by atoms with Crippen LogP contribution in [0.3, 0.4) is 0 Å². The van der Waals surface area contributed by atoms with Gasteiger partial charge in [-0.2, -0.15) is 0 Å². The van der Waals surface area contributed by atoms with E-state index in [1.165, 1.54) is 21.9 Å². The molecule has 4 nitrogen and oxygen atoms in total. The Labute approximate surface area is 269 Å². The van der Waals surface area contributed by atoms with Crippen molar-refractivity contribution in [3.8, 4) is 33.6 Å². The summed E-state index contributed by atoms with van der Waals surface area (Å²) in [6, 6.07) is 45.3. The van der Waals surface area contributed by atoms with E-state index in [2.05, 4.69) is 88.6 Å². The zero-order valence-corrected chi connectivity index (χ0v) is 26.6. The molecule has 8 rings (SSSR count). The summed E-state index contributed by atoms with van der Waals surface area (Å²) in [6.07, 6.45) is 3.65. The molecule has 0 aliphatic rings. The molecule has 1 radical (unpaired) electrons. The Morgan fingerprint density at radius 2 is 1.43 bits per heavy atom. The summed E-state index contributed by atoms with van der Waals surface area (Å²) in [7, 11) is 0. The smallest absolute Gasteiger partial charge is 0.216 e. The third-order valence-corrected chi connectivity index (χ3v) is 7.51. The molecule has 0 N–H and O–H groups in total. The fourth-order valence-electron chi connectivity index (χ4n) is 5.38. The number of furan rings is 1. The van der Waals surface area contributed by atoms with E-state index in [1.807, 2.05) is 73.8 Å². The van der Waals surface area contributed by atoms with Crippen molar-refractivity contribution in [2.24, 2.45) is 0 Å². The molecule has 0 atom stereocenters. The molecule has 0 bridgehead atoms. The maximum atomic E-state index is 6.16. The molecule has 0 spiro atoms. The number of fused-ring (bicyclic) bond motifs is 4. The number of rotatable bonds is 3. The van der Waals surface area contributed by atoms with Gasteiger partial charge >= 0.3 is 0 Å². The zero-order valence-electron chi connectivity index (χ0n) is 24.2. The SMILES string of the molecule is Cc1ccc2c(n1)oc1c(-c3cc(-c4cc5ccccc5cc4C)ccn3)[c-]ccc12.[Ir].[c-]1ccccc1-c1ccccn1. The maximum absolute atomic E-state index is 6.16. The van der Waals surface area contributed by atoms with Gasteiger partial charge in [0.25, 0.3) is 0 Å². The van der Waals surface area contributed by atoms with Crippen LogP contribution in [0.15, 0.2) is 132 Å². The van der Waals surface area contributed by atoms with E-state index >= 15 is 0 Å². The number of pyridine rings is 3. The van der Waals surface area contributed by atoms with Crippen molar-refractivity contribution >= 4 is 32.8 Å². The molecular weight excluding hydrogens is 719 g/mol. The first kappa shape index (κ1) is 29.1. The number of benzene rings is 4. The van der Waals surface area contributed by atoms with E-state index in [0.29, 0.717) is 5.71 Å². The van der Waals surface area contributed by atoms with Crippen molar-refractivity contribution in [2.75, 3.05) is 0 Å². The number of hydrogen-bond acceptors (Lipinski definition) is 4. The van der Waals surface area contributed by atoms with E-state index < -0.39 is 0 Å². The van der Waals surface area contributed by atoms with Gasteiger partial charge in [0.05, 0.1) is 5.58 Å². The van der Waals surface area contributed by atoms with Gasteiger partial charge in [0.2, 0.25) is 5.71 Å². The Kier molecular flexibility index (Phi) is 8.42. The molecule has 0 saturated heterocycles. The molecular formula is C39H27IrN3O-2. The molecule has 0 saturated carbocycles. The molecule has 0 aliphatic carbocycles. The number of aryl methyl sites for hydroxylation is 2. The summed E-state index contributed by atoms with van der Waals surface area (Å²) in [5, 5.41) is 4.53. The molecule has 215 valence electrons. The van der Waals surface area contributed by atoms with Crippen LogP contribution in [-0.4, -0.2) is 15.0 Å². The Morgan fingerprint density at radius 1 is 0.636 bits per heavy atom. The summed E-state index contributed by atoms with van der Waals surface area (Å²) >= 11 is 0. The van der Waals surface area contributed by atoms with Crippen LogP contribution in [0.2, 0.25) is 0 Å². The molecule has 0 fully saturated rings. The van der Waals surface area contributed by atoms with E-state index in [-0.39, 0.29) is 20.1 Å². The number of nitrogens with zero attached hydrogens (tertiary/aromatic N) is 3. The van der Waals surface area contributed by atoms with Crippen LogP contribution in [0.1, 0.15) is 11.3 Å². The molecule has 4 aromatic heterocycles. The van der Waals surface area contributed by atoms with Crippen LogP contribution in [-0.2, 0) is 20.1 Å². The number of aromatic nitrogens is 3.